The minimum Gasteiger partial charge on any atom is -0.486 e. The first-order valence-corrected chi connectivity index (χ1v) is 10.4. The molecule has 1 aromatic rings. The van der Waals surface area contributed by atoms with Crippen LogP contribution in [0.1, 0.15) is 19.3 Å². The maximum atomic E-state index is 12.5. The van der Waals surface area contributed by atoms with Crippen LogP contribution in [0.2, 0.25) is 0 Å². The van der Waals surface area contributed by atoms with E-state index in [1.807, 2.05) is 23.1 Å². The first-order chi connectivity index (χ1) is 13.2. The molecule has 2 heterocycles. The van der Waals surface area contributed by atoms with Crippen LogP contribution in [0.3, 0.4) is 0 Å². The first kappa shape index (κ1) is 22.6. The van der Waals surface area contributed by atoms with Gasteiger partial charge in [0.05, 0.1) is 5.92 Å². The van der Waals surface area contributed by atoms with E-state index in [9.17, 15) is 9.59 Å². The lowest BCUT2D eigenvalue weighted by Crippen LogP contribution is -2.46. The second-order valence-electron chi connectivity index (χ2n) is 6.66. The molecule has 2 amide bonds. The number of carbonyl (C=O) groups excluding carboxylic acids is 2. The van der Waals surface area contributed by atoms with Crippen LogP contribution in [0.5, 0.6) is 11.5 Å². The lowest BCUT2D eigenvalue weighted by Gasteiger charge is -2.32. The van der Waals surface area contributed by atoms with Crippen LogP contribution in [0.4, 0.5) is 0 Å². The Morgan fingerprint density at radius 1 is 1.25 bits per heavy atom. The zero-order valence-corrected chi connectivity index (χ0v) is 17.5. The molecular weight excluding hydrogens is 402 g/mol. The molecule has 1 unspecified atom stereocenters. The number of halogens is 1. The van der Waals surface area contributed by atoms with Gasteiger partial charge in [-0.05, 0) is 31.0 Å². The molecule has 0 aromatic heterocycles. The third-order valence-electron chi connectivity index (χ3n) is 4.69. The van der Waals surface area contributed by atoms with E-state index in [4.69, 9.17) is 15.2 Å². The van der Waals surface area contributed by atoms with Gasteiger partial charge in [0.1, 0.15) is 13.2 Å². The van der Waals surface area contributed by atoms with Crippen molar-refractivity contribution in [1.82, 2.24) is 10.2 Å². The maximum absolute atomic E-state index is 12.5. The maximum Gasteiger partial charge on any atom is 0.224 e. The van der Waals surface area contributed by atoms with Crippen molar-refractivity contribution >= 4 is 36.0 Å². The number of thioether (sulfide) groups is 1. The molecule has 3 rings (SSSR count). The number of amides is 2. The Balaban J connectivity index is 0.00000280. The summed E-state index contributed by atoms with van der Waals surface area (Å²) in [4.78, 5) is 27.5. The molecular formula is C19H28ClN3O4S. The van der Waals surface area contributed by atoms with Crippen LogP contribution in [0.25, 0.3) is 0 Å². The number of nitrogens with two attached hydrogens (primary N) is 1. The molecule has 28 heavy (non-hydrogen) atoms. The molecule has 2 aliphatic heterocycles. The SMILES string of the molecule is Cl.NCCNC(=O)C1CCCN(C(=O)CCSc2ccc3c(c2)OCCO3)C1. The summed E-state index contributed by atoms with van der Waals surface area (Å²) in [6, 6.07) is 5.86. The smallest absolute Gasteiger partial charge is 0.224 e. The summed E-state index contributed by atoms with van der Waals surface area (Å²) in [6.45, 7) is 3.29. The van der Waals surface area contributed by atoms with Gasteiger partial charge >= 0.3 is 0 Å². The summed E-state index contributed by atoms with van der Waals surface area (Å²) in [6.07, 6.45) is 2.14. The van der Waals surface area contributed by atoms with E-state index in [2.05, 4.69) is 5.32 Å². The van der Waals surface area contributed by atoms with E-state index in [0.29, 0.717) is 45.0 Å². The average molecular weight is 430 g/mol. The van der Waals surface area contributed by atoms with Crippen molar-refractivity contribution in [2.45, 2.75) is 24.2 Å². The van der Waals surface area contributed by atoms with Gasteiger partial charge in [0.2, 0.25) is 11.8 Å². The molecule has 1 aromatic carbocycles. The molecule has 9 heteroatoms. The molecule has 0 saturated carbocycles. The summed E-state index contributed by atoms with van der Waals surface area (Å²) in [7, 11) is 0. The van der Waals surface area contributed by atoms with Crippen molar-refractivity contribution in [3.63, 3.8) is 0 Å². The van der Waals surface area contributed by atoms with Crippen LogP contribution >= 0.6 is 24.2 Å². The van der Waals surface area contributed by atoms with Crippen molar-refractivity contribution in [2.75, 3.05) is 45.1 Å². The van der Waals surface area contributed by atoms with Gasteiger partial charge in [0.15, 0.2) is 11.5 Å². The van der Waals surface area contributed by atoms with E-state index in [1.54, 1.807) is 11.8 Å². The topological polar surface area (TPSA) is 93.9 Å². The van der Waals surface area contributed by atoms with Crippen LogP contribution in [-0.2, 0) is 9.59 Å². The van der Waals surface area contributed by atoms with Crippen molar-refractivity contribution in [3.8, 4) is 11.5 Å². The lowest BCUT2D eigenvalue weighted by atomic mass is 9.97. The Morgan fingerprint density at radius 3 is 2.82 bits per heavy atom. The van der Waals surface area contributed by atoms with Crippen molar-refractivity contribution < 1.29 is 19.1 Å². The number of hydrogen-bond acceptors (Lipinski definition) is 6. The number of carbonyl (C=O) groups is 2. The standard InChI is InChI=1S/C19H27N3O4S.ClH/c20-6-7-21-19(24)14-2-1-8-22(13-14)18(23)5-11-27-15-3-4-16-17(12-15)26-10-9-25-16;/h3-4,12,14H,1-2,5-11,13,20H2,(H,21,24);1H. The van der Waals surface area contributed by atoms with E-state index in [0.717, 1.165) is 35.8 Å². The highest BCUT2D eigenvalue weighted by Gasteiger charge is 2.27. The van der Waals surface area contributed by atoms with Crippen molar-refractivity contribution in [3.05, 3.63) is 18.2 Å². The summed E-state index contributed by atoms with van der Waals surface area (Å²) in [5, 5.41) is 2.82. The average Bonchev–Trinajstić information content (AvgIpc) is 2.72. The Bertz CT molecular complexity index is 677. The quantitative estimate of drug-likeness (QED) is 0.640. The Hall–Kier alpha value is -1.64. The van der Waals surface area contributed by atoms with E-state index >= 15 is 0 Å². The Kier molecular flexibility index (Phi) is 9.21. The van der Waals surface area contributed by atoms with E-state index in [1.165, 1.54) is 0 Å². The molecule has 0 spiro atoms. The van der Waals surface area contributed by atoms with Crippen LogP contribution in [0.15, 0.2) is 23.1 Å². The normalized spacial score (nSPS) is 18.2. The molecule has 1 fully saturated rings. The third-order valence-corrected chi connectivity index (χ3v) is 5.68. The summed E-state index contributed by atoms with van der Waals surface area (Å²) in [5.41, 5.74) is 5.43. The Labute approximate surface area is 176 Å². The number of benzene rings is 1. The van der Waals surface area contributed by atoms with Gasteiger partial charge in [-0.15, -0.1) is 24.2 Å². The number of fused-ring (bicyclic) bond motifs is 1. The van der Waals surface area contributed by atoms with Gasteiger partial charge < -0.3 is 25.4 Å². The van der Waals surface area contributed by atoms with Crippen molar-refractivity contribution in [1.29, 1.82) is 0 Å². The molecule has 156 valence electrons. The molecule has 7 nitrogen and oxygen atoms in total. The van der Waals surface area contributed by atoms with Gasteiger partial charge in [-0.2, -0.15) is 0 Å². The molecule has 0 radical (unpaired) electrons. The number of likely N-dealkylation sites (tertiary alicyclic amines) is 1. The summed E-state index contributed by atoms with van der Waals surface area (Å²) < 4.78 is 11.1. The first-order valence-electron chi connectivity index (χ1n) is 9.45. The van der Waals surface area contributed by atoms with Crippen molar-refractivity contribution in [2.24, 2.45) is 11.7 Å². The number of rotatable bonds is 7. The molecule has 0 bridgehead atoms. The fourth-order valence-corrected chi connectivity index (χ4v) is 4.15. The number of ether oxygens (including phenoxy) is 2. The van der Waals surface area contributed by atoms with Gasteiger partial charge in [-0.1, -0.05) is 0 Å². The summed E-state index contributed by atoms with van der Waals surface area (Å²) >= 11 is 1.63. The molecule has 2 aliphatic rings. The molecule has 1 saturated heterocycles. The fraction of sp³-hybridized carbons (Fsp3) is 0.579. The second-order valence-corrected chi connectivity index (χ2v) is 7.83. The van der Waals surface area contributed by atoms with Gasteiger partial charge in [-0.25, -0.2) is 0 Å². The molecule has 0 aliphatic carbocycles. The Morgan fingerprint density at radius 2 is 2.04 bits per heavy atom. The zero-order valence-electron chi connectivity index (χ0n) is 15.9. The zero-order chi connectivity index (χ0) is 19.1. The lowest BCUT2D eigenvalue weighted by molar-refractivity contribution is -0.135. The highest BCUT2D eigenvalue weighted by molar-refractivity contribution is 7.99. The fourth-order valence-electron chi connectivity index (χ4n) is 3.29. The van der Waals surface area contributed by atoms with E-state index in [-0.39, 0.29) is 30.1 Å². The number of piperidine rings is 1. The minimum absolute atomic E-state index is 0. The number of nitrogens with one attached hydrogen (secondary N) is 1. The monoisotopic (exact) mass is 429 g/mol. The number of hydrogen-bond donors (Lipinski definition) is 2. The van der Waals surface area contributed by atoms with Crippen LogP contribution in [0, 0.1) is 5.92 Å². The highest BCUT2D eigenvalue weighted by Crippen LogP contribution is 2.34. The molecule has 1 atom stereocenters. The molecule has 3 N–H and O–H groups in total. The van der Waals surface area contributed by atoms with Gasteiger partial charge in [-0.3, -0.25) is 9.59 Å². The predicted molar refractivity (Wildman–Crippen MR) is 111 cm³/mol. The second kappa shape index (κ2) is 11.4. The third kappa shape index (κ3) is 6.18. The van der Waals surface area contributed by atoms with Gasteiger partial charge in [0.25, 0.3) is 0 Å². The van der Waals surface area contributed by atoms with Crippen LogP contribution < -0.4 is 20.5 Å². The summed E-state index contributed by atoms with van der Waals surface area (Å²) in [5.74, 6) is 2.22. The van der Waals surface area contributed by atoms with Gasteiger partial charge in [0, 0.05) is 43.2 Å². The number of nitrogens with zero attached hydrogens (tertiary/aromatic N) is 1. The predicted octanol–water partition coefficient (Wildman–Crippen LogP) is 1.68. The highest BCUT2D eigenvalue weighted by atomic mass is 35.5. The largest absolute Gasteiger partial charge is 0.486 e. The van der Waals surface area contributed by atoms with E-state index < -0.39 is 0 Å². The van der Waals surface area contributed by atoms with Crippen LogP contribution in [-0.4, -0.2) is 61.9 Å². The minimum atomic E-state index is -0.125.